The second kappa shape index (κ2) is 5.00. The molecule has 0 amide bonds. The Morgan fingerprint density at radius 3 is 3.12 bits per heavy atom. The molecule has 0 saturated carbocycles. The Hall–Kier alpha value is -1.83. The van der Waals surface area contributed by atoms with Crippen LogP contribution in [0.4, 0.5) is 0 Å². The molecule has 0 fully saturated rings. The van der Waals surface area contributed by atoms with E-state index in [1.165, 1.54) is 18.1 Å². The molecular formula is C9H12N6OS. The zero-order chi connectivity index (χ0) is 12.3. The third-order valence-electron chi connectivity index (χ3n) is 2.26. The first kappa shape index (κ1) is 11.6. The van der Waals surface area contributed by atoms with Gasteiger partial charge in [-0.3, -0.25) is 0 Å². The second-order valence-electron chi connectivity index (χ2n) is 3.32. The summed E-state index contributed by atoms with van der Waals surface area (Å²) >= 11 is 1.42. The zero-order valence-corrected chi connectivity index (χ0v) is 9.98. The quantitative estimate of drug-likeness (QED) is 0.187. The van der Waals surface area contributed by atoms with Crippen LogP contribution in [0.5, 0.6) is 0 Å². The van der Waals surface area contributed by atoms with E-state index in [4.69, 9.17) is 10.9 Å². The van der Waals surface area contributed by atoms with Crippen molar-refractivity contribution < 1.29 is 5.21 Å². The molecule has 2 rings (SSSR count). The van der Waals surface area contributed by atoms with E-state index in [2.05, 4.69) is 25.1 Å². The highest BCUT2D eigenvalue weighted by molar-refractivity contribution is 8.00. The normalized spacial score (nSPS) is 14.1. The maximum absolute atomic E-state index is 8.68. The van der Waals surface area contributed by atoms with Crippen LogP contribution in [0, 0.1) is 0 Å². The van der Waals surface area contributed by atoms with Crippen molar-refractivity contribution in [3.05, 3.63) is 12.7 Å². The summed E-state index contributed by atoms with van der Waals surface area (Å²) in [5, 5.41) is 12.3. The van der Waals surface area contributed by atoms with E-state index in [-0.39, 0.29) is 11.1 Å². The van der Waals surface area contributed by atoms with Gasteiger partial charge in [-0.1, -0.05) is 23.8 Å². The molecule has 0 aliphatic heterocycles. The van der Waals surface area contributed by atoms with Crippen molar-refractivity contribution in [1.29, 1.82) is 0 Å². The number of imidazole rings is 1. The number of aromatic amines is 1. The Kier molecular flexibility index (Phi) is 3.43. The molecule has 2 aromatic rings. The molecule has 4 N–H and O–H groups in total. The van der Waals surface area contributed by atoms with Gasteiger partial charge < -0.3 is 15.9 Å². The van der Waals surface area contributed by atoms with E-state index in [0.29, 0.717) is 5.65 Å². The molecular weight excluding hydrogens is 240 g/mol. The number of hydrogen-bond donors (Lipinski definition) is 3. The largest absolute Gasteiger partial charge is 0.409 e. The smallest absolute Gasteiger partial charge is 0.181 e. The monoisotopic (exact) mass is 252 g/mol. The van der Waals surface area contributed by atoms with Crippen molar-refractivity contribution in [3.8, 4) is 0 Å². The summed E-state index contributed by atoms with van der Waals surface area (Å²) in [6, 6.07) is 0. The molecule has 7 nitrogen and oxygen atoms in total. The third-order valence-corrected chi connectivity index (χ3v) is 3.65. The van der Waals surface area contributed by atoms with Gasteiger partial charge >= 0.3 is 0 Å². The molecule has 0 aliphatic rings. The predicted octanol–water partition coefficient (Wildman–Crippen LogP) is 0.970. The van der Waals surface area contributed by atoms with Crippen molar-refractivity contribution in [2.45, 2.75) is 23.6 Å². The molecule has 8 heteroatoms. The van der Waals surface area contributed by atoms with E-state index >= 15 is 0 Å². The number of oxime groups is 1. The van der Waals surface area contributed by atoms with Crippen molar-refractivity contribution in [2.75, 3.05) is 0 Å². The van der Waals surface area contributed by atoms with Crippen LogP contribution in [-0.4, -0.2) is 36.2 Å². The molecule has 0 saturated heterocycles. The number of aromatic nitrogens is 4. The molecule has 0 radical (unpaired) electrons. The van der Waals surface area contributed by atoms with Crippen molar-refractivity contribution in [1.82, 2.24) is 19.9 Å². The van der Waals surface area contributed by atoms with Gasteiger partial charge in [-0.15, -0.1) is 0 Å². The van der Waals surface area contributed by atoms with Crippen LogP contribution in [0.2, 0.25) is 0 Å². The Bertz CT molecular complexity index is 539. The minimum atomic E-state index is -0.124. The second-order valence-corrected chi connectivity index (χ2v) is 4.51. The summed E-state index contributed by atoms with van der Waals surface area (Å²) in [5.74, 6) is 0.184. The van der Waals surface area contributed by atoms with E-state index < -0.39 is 0 Å². The number of thioether (sulfide) groups is 1. The first-order valence-electron chi connectivity index (χ1n) is 5.04. The molecule has 90 valence electrons. The molecule has 0 aliphatic carbocycles. The van der Waals surface area contributed by atoms with Crippen LogP contribution in [-0.2, 0) is 0 Å². The number of nitrogens with one attached hydrogen (secondary N) is 1. The lowest BCUT2D eigenvalue weighted by Gasteiger charge is -2.11. The van der Waals surface area contributed by atoms with Crippen LogP contribution in [0.3, 0.4) is 0 Å². The Balaban J connectivity index is 2.31. The van der Waals surface area contributed by atoms with Crippen LogP contribution in [0.1, 0.15) is 13.3 Å². The zero-order valence-electron chi connectivity index (χ0n) is 9.16. The van der Waals surface area contributed by atoms with Crippen LogP contribution in [0.15, 0.2) is 22.8 Å². The van der Waals surface area contributed by atoms with Crippen molar-refractivity contribution in [2.24, 2.45) is 10.9 Å². The fraction of sp³-hybridized carbons (Fsp3) is 0.333. The minimum absolute atomic E-state index is 0.124. The van der Waals surface area contributed by atoms with Gasteiger partial charge in [0.15, 0.2) is 11.5 Å². The number of H-pyrrole nitrogens is 1. The molecule has 0 bridgehead atoms. The van der Waals surface area contributed by atoms with Crippen molar-refractivity contribution in [3.63, 3.8) is 0 Å². The van der Waals surface area contributed by atoms with Gasteiger partial charge in [0.05, 0.1) is 11.6 Å². The Morgan fingerprint density at radius 2 is 2.41 bits per heavy atom. The standard InChI is InChI=1S/C9H12N6OS/c1-2-5(7(10)15-16)17-9-6-8(12-3-11-6)13-4-14-9/h3-5,16H,2H2,1H3,(H2,10,15)(H,11,12,13,14). The summed E-state index contributed by atoms with van der Waals surface area (Å²) in [6.07, 6.45) is 3.75. The highest BCUT2D eigenvalue weighted by Crippen LogP contribution is 2.27. The number of amidine groups is 1. The molecule has 2 aromatic heterocycles. The molecule has 0 aromatic carbocycles. The number of rotatable bonds is 4. The van der Waals surface area contributed by atoms with E-state index in [9.17, 15) is 0 Å². The molecule has 1 unspecified atom stereocenters. The summed E-state index contributed by atoms with van der Waals surface area (Å²) < 4.78 is 0. The molecule has 2 heterocycles. The van der Waals surface area contributed by atoms with E-state index in [1.54, 1.807) is 6.33 Å². The first-order chi connectivity index (χ1) is 8.26. The van der Waals surface area contributed by atoms with Gasteiger partial charge in [0.25, 0.3) is 0 Å². The lowest BCUT2D eigenvalue weighted by Crippen LogP contribution is -2.25. The number of nitrogens with two attached hydrogens (primary N) is 1. The van der Waals surface area contributed by atoms with Gasteiger partial charge in [0.1, 0.15) is 16.9 Å². The van der Waals surface area contributed by atoms with Gasteiger partial charge in [-0.2, -0.15) is 0 Å². The van der Waals surface area contributed by atoms with Gasteiger partial charge in [-0.05, 0) is 6.42 Å². The minimum Gasteiger partial charge on any atom is -0.409 e. The topological polar surface area (TPSA) is 113 Å². The van der Waals surface area contributed by atoms with Gasteiger partial charge in [0, 0.05) is 0 Å². The predicted molar refractivity (Wildman–Crippen MR) is 65.0 cm³/mol. The summed E-state index contributed by atoms with van der Waals surface area (Å²) in [5.41, 5.74) is 6.98. The molecule has 1 atom stereocenters. The Morgan fingerprint density at radius 1 is 1.59 bits per heavy atom. The SMILES string of the molecule is CCC(Sc1ncnc2nc[nH]c12)C(N)=NO. The number of nitrogens with zero attached hydrogens (tertiary/aromatic N) is 4. The Labute approximate surface area is 102 Å². The van der Waals surface area contributed by atoms with Crippen LogP contribution < -0.4 is 5.73 Å². The highest BCUT2D eigenvalue weighted by Gasteiger charge is 2.17. The maximum Gasteiger partial charge on any atom is 0.181 e. The average molecular weight is 252 g/mol. The molecule has 0 spiro atoms. The number of fused-ring (bicyclic) bond motifs is 1. The van der Waals surface area contributed by atoms with Crippen LogP contribution >= 0.6 is 11.8 Å². The maximum atomic E-state index is 8.68. The number of hydrogen-bond acceptors (Lipinski definition) is 6. The van der Waals surface area contributed by atoms with E-state index in [1.807, 2.05) is 6.92 Å². The fourth-order valence-corrected chi connectivity index (χ4v) is 2.36. The average Bonchev–Trinajstić information content (AvgIpc) is 2.83. The van der Waals surface area contributed by atoms with Gasteiger partial charge in [-0.25, -0.2) is 15.0 Å². The summed E-state index contributed by atoms with van der Waals surface area (Å²) in [7, 11) is 0. The van der Waals surface area contributed by atoms with Gasteiger partial charge in [0.2, 0.25) is 0 Å². The van der Waals surface area contributed by atoms with E-state index in [0.717, 1.165) is 17.0 Å². The highest BCUT2D eigenvalue weighted by atomic mass is 32.2. The third kappa shape index (κ3) is 2.31. The van der Waals surface area contributed by atoms with Crippen molar-refractivity contribution >= 4 is 28.8 Å². The first-order valence-corrected chi connectivity index (χ1v) is 5.92. The molecule has 17 heavy (non-hydrogen) atoms. The van der Waals surface area contributed by atoms with Crippen LogP contribution in [0.25, 0.3) is 11.2 Å². The summed E-state index contributed by atoms with van der Waals surface area (Å²) in [6.45, 7) is 1.96. The fourth-order valence-electron chi connectivity index (χ4n) is 1.38. The summed E-state index contributed by atoms with van der Waals surface area (Å²) in [4.78, 5) is 15.2. The lowest BCUT2D eigenvalue weighted by molar-refractivity contribution is 0.317. The lowest BCUT2D eigenvalue weighted by atomic mass is 10.3.